The number of para-hydroxylation sites is 1. The number of hydrogen-bond donors (Lipinski definition) is 0. The summed E-state index contributed by atoms with van der Waals surface area (Å²) in [6.07, 6.45) is 3.90. The number of anilines is 1. The first-order valence-corrected chi connectivity index (χ1v) is 9.18. The molecule has 6 heteroatoms. The van der Waals surface area contributed by atoms with E-state index >= 15 is 0 Å². The maximum absolute atomic E-state index is 12.8. The van der Waals surface area contributed by atoms with Crippen molar-refractivity contribution in [2.45, 2.75) is 38.0 Å². The van der Waals surface area contributed by atoms with Gasteiger partial charge in [-0.05, 0) is 37.8 Å². The molecule has 0 saturated carbocycles. The van der Waals surface area contributed by atoms with Crippen LogP contribution in [0.25, 0.3) is 0 Å². The molecule has 0 radical (unpaired) electrons. The molecule has 3 rings (SSSR count). The number of hydrogen-bond acceptors (Lipinski definition) is 3. The van der Waals surface area contributed by atoms with E-state index < -0.39 is 16.5 Å². The van der Waals surface area contributed by atoms with Crippen LogP contribution in [0.3, 0.4) is 0 Å². The number of fused-ring (bicyclic) bond motifs is 1. The van der Waals surface area contributed by atoms with E-state index in [1.165, 1.54) is 17.7 Å². The molecular weight excluding hydrogens is 314 g/mol. The van der Waals surface area contributed by atoms with Crippen molar-refractivity contribution in [3.05, 3.63) is 29.3 Å². The molecule has 0 fully saturated rings. The third kappa shape index (κ3) is 2.58. The summed E-state index contributed by atoms with van der Waals surface area (Å²) in [5.41, 5.74) is 3.28. The van der Waals surface area contributed by atoms with Crippen LogP contribution >= 0.6 is 12.2 Å². The Morgan fingerprint density at radius 1 is 1.41 bits per heavy atom. The molecule has 0 amide bonds. The Labute approximate surface area is 139 Å². The van der Waals surface area contributed by atoms with Crippen molar-refractivity contribution < 1.29 is 4.21 Å². The van der Waals surface area contributed by atoms with Crippen LogP contribution in [0.15, 0.2) is 23.2 Å². The minimum Gasteiger partial charge on any atom is -0.374 e. The molecule has 2 heterocycles. The zero-order chi connectivity index (χ0) is 15.9. The molecular formula is C16H21N3OS2. The van der Waals surface area contributed by atoms with Gasteiger partial charge in [-0.3, -0.25) is 4.31 Å². The monoisotopic (exact) mass is 335 g/mol. The average molecular weight is 335 g/mol. The zero-order valence-corrected chi connectivity index (χ0v) is 14.8. The summed E-state index contributed by atoms with van der Waals surface area (Å²) < 4.78 is 14.6. The first-order chi connectivity index (χ1) is 10.4. The molecule has 1 aromatic rings. The van der Waals surface area contributed by atoms with Gasteiger partial charge in [-0.25, -0.2) is 9.20 Å². The van der Waals surface area contributed by atoms with Gasteiger partial charge in [-0.1, -0.05) is 30.4 Å². The number of rotatable bonds is 3. The van der Waals surface area contributed by atoms with E-state index in [1.54, 1.807) is 10.6 Å². The number of benzene rings is 1. The standard InChI is InChI=1S/C16H21N3OS2/c1-16(2)15(21)17-11-19(16)22(20)10-13-7-4-6-12-8-5-9-18(3)14(12)13/h4,6-7,11H,5,8-10H2,1-3H3. The third-order valence-corrected chi connectivity index (χ3v) is 6.53. The van der Waals surface area contributed by atoms with E-state index in [2.05, 4.69) is 35.1 Å². The molecule has 0 aromatic heterocycles. The van der Waals surface area contributed by atoms with Crippen LogP contribution < -0.4 is 4.90 Å². The fraction of sp³-hybridized carbons (Fsp3) is 0.500. The Morgan fingerprint density at radius 2 is 2.18 bits per heavy atom. The van der Waals surface area contributed by atoms with Gasteiger partial charge in [0.05, 0.1) is 5.75 Å². The molecule has 0 bridgehead atoms. The fourth-order valence-corrected chi connectivity index (χ4v) is 4.67. The highest BCUT2D eigenvalue weighted by molar-refractivity contribution is 7.83. The van der Waals surface area contributed by atoms with Crippen LogP contribution in [-0.4, -0.2) is 39.0 Å². The maximum Gasteiger partial charge on any atom is 0.131 e. The highest BCUT2D eigenvalue weighted by Crippen LogP contribution is 2.32. The molecule has 2 aliphatic heterocycles. The van der Waals surface area contributed by atoms with Crippen molar-refractivity contribution in [2.75, 3.05) is 18.5 Å². The third-order valence-electron chi connectivity index (χ3n) is 4.38. The molecule has 1 atom stereocenters. The van der Waals surface area contributed by atoms with E-state index in [9.17, 15) is 4.21 Å². The average Bonchev–Trinajstić information content (AvgIpc) is 2.73. The summed E-state index contributed by atoms with van der Waals surface area (Å²) in [6, 6.07) is 6.32. The minimum atomic E-state index is -1.18. The molecule has 0 N–H and O–H groups in total. The van der Waals surface area contributed by atoms with Crippen molar-refractivity contribution in [1.29, 1.82) is 0 Å². The molecule has 1 unspecified atom stereocenters. The van der Waals surface area contributed by atoms with Gasteiger partial charge < -0.3 is 4.90 Å². The lowest BCUT2D eigenvalue weighted by Gasteiger charge is -2.32. The highest BCUT2D eigenvalue weighted by Gasteiger charge is 2.38. The molecule has 1 aromatic carbocycles. The van der Waals surface area contributed by atoms with Gasteiger partial charge in [-0.15, -0.1) is 0 Å². The number of aliphatic imine (C=N–C) groups is 1. The smallest absolute Gasteiger partial charge is 0.131 e. The topological polar surface area (TPSA) is 35.9 Å². The van der Waals surface area contributed by atoms with Gasteiger partial charge in [0.2, 0.25) is 0 Å². The minimum absolute atomic E-state index is 0.457. The SMILES string of the molecule is CN1CCCc2cccc(CS(=O)N3C=NC(=S)C3(C)C)c21. The number of aryl methyl sites for hydroxylation is 1. The van der Waals surface area contributed by atoms with E-state index in [0.717, 1.165) is 18.5 Å². The summed E-state index contributed by atoms with van der Waals surface area (Å²) in [5.74, 6) is 0.492. The van der Waals surface area contributed by atoms with Gasteiger partial charge >= 0.3 is 0 Å². The largest absolute Gasteiger partial charge is 0.374 e. The normalized spacial score (nSPS) is 21.1. The van der Waals surface area contributed by atoms with Crippen molar-refractivity contribution in [1.82, 2.24) is 4.31 Å². The molecule has 2 aliphatic rings. The summed E-state index contributed by atoms with van der Waals surface area (Å²) in [4.78, 5) is 7.03. The van der Waals surface area contributed by atoms with Crippen LogP contribution in [0, 0.1) is 0 Å². The van der Waals surface area contributed by atoms with Gasteiger partial charge in [0.1, 0.15) is 27.9 Å². The van der Waals surface area contributed by atoms with Crippen molar-refractivity contribution in [2.24, 2.45) is 4.99 Å². The Bertz CT molecular complexity index is 669. The van der Waals surface area contributed by atoms with E-state index in [1.807, 2.05) is 13.8 Å². The van der Waals surface area contributed by atoms with Gasteiger partial charge in [-0.2, -0.15) is 0 Å². The lowest BCUT2D eigenvalue weighted by Crippen LogP contribution is -2.44. The molecule has 4 nitrogen and oxygen atoms in total. The van der Waals surface area contributed by atoms with Crippen LogP contribution in [-0.2, 0) is 23.2 Å². The van der Waals surface area contributed by atoms with Gasteiger partial charge in [0, 0.05) is 19.3 Å². The summed E-state index contributed by atoms with van der Waals surface area (Å²) in [5, 5.41) is 0. The lowest BCUT2D eigenvalue weighted by molar-refractivity contribution is 0.465. The molecule has 0 aliphatic carbocycles. The first kappa shape index (κ1) is 15.6. The quantitative estimate of drug-likeness (QED) is 0.797. The summed E-state index contributed by atoms with van der Waals surface area (Å²) in [6.45, 7) is 4.98. The van der Waals surface area contributed by atoms with E-state index in [0.29, 0.717) is 10.7 Å². The fourth-order valence-electron chi connectivity index (χ4n) is 3.08. The van der Waals surface area contributed by atoms with Crippen LogP contribution in [0.1, 0.15) is 31.4 Å². The zero-order valence-electron chi connectivity index (χ0n) is 13.2. The van der Waals surface area contributed by atoms with Crippen molar-refractivity contribution >= 4 is 40.2 Å². The van der Waals surface area contributed by atoms with Crippen LogP contribution in [0.4, 0.5) is 5.69 Å². The molecule has 22 heavy (non-hydrogen) atoms. The van der Waals surface area contributed by atoms with E-state index in [4.69, 9.17) is 12.2 Å². The Hall–Kier alpha value is -1.27. The van der Waals surface area contributed by atoms with Gasteiger partial charge in [0.25, 0.3) is 0 Å². The summed E-state index contributed by atoms with van der Waals surface area (Å²) in [7, 11) is 0.932. The Balaban J connectivity index is 1.87. The predicted octanol–water partition coefficient (Wildman–Crippen LogP) is 2.68. The number of nitrogens with zero attached hydrogens (tertiary/aromatic N) is 3. The van der Waals surface area contributed by atoms with Crippen molar-refractivity contribution in [3.8, 4) is 0 Å². The lowest BCUT2D eigenvalue weighted by atomic mass is 9.99. The highest BCUT2D eigenvalue weighted by atomic mass is 32.2. The van der Waals surface area contributed by atoms with Crippen LogP contribution in [0.2, 0.25) is 0 Å². The number of thiocarbonyl (C=S) groups is 1. The molecule has 0 saturated heterocycles. The second kappa shape index (κ2) is 5.74. The molecule has 118 valence electrons. The van der Waals surface area contributed by atoms with Gasteiger partial charge in [0.15, 0.2) is 0 Å². The van der Waals surface area contributed by atoms with Crippen LogP contribution in [0.5, 0.6) is 0 Å². The molecule has 0 spiro atoms. The maximum atomic E-state index is 12.8. The summed E-state index contributed by atoms with van der Waals surface area (Å²) >= 11 is 5.25. The Kier molecular flexibility index (Phi) is 4.07. The second-order valence-corrected chi connectivity index (χ2v) is 8.06. The predicted molar refractivity (Wildman–Crippen MR) is 96.9 cm³/mol. The van der Waals surface area contributed by atoms with E-state index in [-0.39, 0.29) is 0 Å². The Morgan fingerprint density at radius 3 is 2.86 bits per heavy atom. The second-order valence-electron chi connectivity index (χ2n) is 6.35. The van der Waals surface area contributed by atoms with Crippen molar-refractivity contribution in [3.63, 3.8) is 0 Å². The first-order valence-electron chi connectivity index (χ1n) is 7.49.